The van der Waals surface area contributed by atoms with E-state index in [1.165, 1.54) is 12.1 Å². The Hall–Kier alpha value is -3.46. The number of carbonyl (C=O) groups excluding carboxylic acids is 2. The Morgan fingerprint density at radius 3 is 2.50 bits per heavy atom. The monoisotopic (exact) mass is 397 g/mol. The topological polar surface area (TPSA) is 111 Å². The molecule has 142 valence electrons. The second kappa shape index (κ2) is 8.49. The van der Waals surface area contributed by atoms with Crippen LogP contribution in [0.3, 0.4) is 0 Å². The fourth-order valence-corrected chi connectivity index (χ4v) is 3.17. The summed E-state index contributed by atoms with van der Waals surface area (Å²) in [6, 6.07) is 12.4. The van der Waals surface area contributed by atoms with Crippen molar-refractivity contribution < 1.29 is 19.2 Å². The van der Waals surface area contributed by atoms with Crippen LogP contribution in [-0.4, -0.2) is 28.6 Å². The number of amides is 1. The second-order valence-electron chi connectivity index (χ2n) is 5.60. The van der Waals surface area contributed by atoms with E-state index in [0.717, 1.165) is 11.8 Å². The minimum atomic E-state index is -0.480. The average Bonchev–Trinajstić information content (AvgIpc) is 3.01. The number of nitrogens with one attached hydrogen (secondary N) is 1. The molecule has 0 radical (unpaired) electrons. The van der Waals surface area contributed by atoms with Gasteiger partial charge >= 0.3 is 5.97 Å². The Balaban J connectivity index is 1.73. The van der Waals surface area contributed by atoms with Crippen LogP contribution in [0.5, 0.6) is 0 Å². The third kappa shape index (κ3) is 4.63. The van der Waals surface area contributed by atoms with Gasteiger partial charge in [-0.05, 0) is 66.7 Å². The van der Waals surface area contributed by atoms with Crippen molar-refractivity contribution in [3.8, 4) is 0 Å². The summed E-state index contributed by atoms with van der Waals surface area (Å²) in [5, 5.41) is 13.8. The summed E-state index contributed by atoms with van der Waals surface area (Å²) in [5.74, 6) is -0.705. The van der Waals surface area contributed by atoms with Gasteiger partial charge in [0.2, 0.25) is 0 Å². The van der Waals surface area contributed by atoms with Gasteiger partial charge in [-0.3, -0.25) is 14.9 Å². The molecule has 9 heteroatoms. The van der Waals surface area contributed by atoms with Crippen molar-refractivity contribution >= 4 is 46.3 Å². The van der Waals surface area contributed by atoms with Crippen molar-refractivity contribution in [1.29, 1.82) is 0 Å². The fourth-order valence-electron chi connectivity index (χ4n) is 2.33. The summed E-state index contributed by atoms with van der Waals surface area (Å²) in [6.45, 7) is 2.04. The van der Waals surface area contributed by atoms with E-state index in [2.05, 4.69) is 10.3 Å². The molecule has 3 rings (SSSR count). The molecule has 2 aromatic rings. The molecular formula is C19H15N3O5S. The first-order chi connectivity index (χ1) is 13.5. The first kappa shape index (κ1) is 19.3. The molecule has 0 saturated carbocycles. The smallest absolute Gasteiger partial charge is 0.338 e. The van der Waals surface area contributed by atoms with Crippen molar-refractivity contribution in [2.45, 2.75) is 6.92 Å². The molecule has 1 aliphatic rings. The number of ether oxygens (including phenoxy) is 1. The maximum Gasteiger partial charge on any atom is 0.338 e. The molecule has 0 aliphatic carbocycles. The Kier molecular flexibility index (Phi) is 5.85. The number of benzene rings is 2. The van der Waals surface area contributed by atoms with Crippen LogP contribution in [-0.2, 0) is 9.53 Å². The molecule has 1 saturated heterocycles. The van der Waals surface area contributed by atoms with Crippen LogP contribution in [0, 0.1) is 10.1 Å². The van der Waals surface area contributed by atoms with Crippen molar-refractivity contribution in [1.82, 2.24) is 5.32 Å². The van der Waals surface area contributed by atoms with Gasteiger partial charge in [0.25, 0.3) is 11.6 Å². The summed E-state index contributed by atoms with van der Waals surface area (Å²) in [4.78, 5) is 38.8. The standard InChI is InChI=1S/C19H15N3O5S/c1-2-27-18(24)13-5-7-14(8-6-13)20-19-21-17(23)16(28-19)11-12-3-9-15(10-4-12)22(25)26/h3-11H,2H2,1H3,(H,20,21,23)/b16-11-. The maximum absolute atomic E-state index is 12.1. The highest BCUT2D eigenvalue weighted by atomic mass is 32.2. The Morgan fingerprint density at radius 2 is 1.89 bits per heavy atom. The highest BCUT2D eigenvalue weighted by Gasteiger charge is 2.23. The Bertz CT molecular complexity index is 982. The summed E-state index contributed by atoms with van der Waals surface area (Å²) < 4.78 is 4.93. The molecule has 1 fully saturated rings. The van der Waals surface area contributed by atoms with Crippen molar-refractivity contribution in [2.24, 2.45) is 4.99 Å². The SMILES string of the molecule is CCOC(=O)c1ccc(N=C2NC(=O)/C(=C/c3ccc([N+](=O)[O-])cc3)S2)cc1. The van der Waals surface area contributed by atoms with E-state index < -0.39 is 10.9 Å². The first-order valence-corrected chi connectivity index (χ1v) is 9.09. The number of hydrogen-bond acceptors (Lipinski definition) is 7. The van der Waals surface area contributed by atoms with E-state index in [-0.39, 0.29) is 11.6 Å². The maximum atomic E-state index is 12.1. The van der Waals surface area contributed by atoms with Crippen LogP contribution in [0.25, 0.3) is 6.08 Å². The fraction of sp³-hybridized carbons (Fsp3) is 0.105. The number of nitro groups is 1. The number of thioether (sulfide) groups is 1. The summed E-state index contributed by atoms with van der Waals surface area (Å²) >= 11 is 1.16. The van der Waals surface area contributed by atoms with Crippen LogP contribution in [0.1, 0.15) is 22.8 Å². The number of nitrogens with zero attached hydrogens (tertiary/aromatic N) is 2. The minimum Gasteiger partial charge on any atom is -0.462 e. The van der Waals surface area contributed by atoms with E-state index >= 15 is 0 Å². The van der Waals surface area contributed by atoms with Gasteiger partial charge in [0.15, 0.2) is 5.17 Å². The molecule has 8 nitrogen and oxygen atoms in total. The molecule has 0 bridgehead atoms. The molecule has 1 aliphatic heterocycles. The van der Waals surface area contributed by atoms with Gasteiger partial charge in [-0.2, -0.15) is 0 Å². The van der Waals surface area contributed by atoms with Gasteiger partial charge in [-0.1, -0.05) is 0 Å². The lowest BCUT2D eigenvalue weighted by molar-refractivity contribution is -0.384. The largest absolute Gasteiger partial charge is 0.462 e. The highest BCUT2D eigenvalue weighted by Crippen LogP contribution is 2.28. The quantitative estimate of drug-likeness (QED) is 0.357. The number of rotatable bonds is 5. The third-order valence-corrected chi connectivity index (χ3v) is 4.57. The van der Waals surface area contributed by atoms with Crippen molar-refractivity contribution in [3.63, 3.8) is 0 Å². The molecule has 1 N–H and O–H groups in total. The van der Waals surface area contributed by atoms with Gasteiger partial charge < -0.3 is 10.1 Å². The van der Waals surface area contributed by atoms with Crippen LogP contribution < -0.4 is 5.32 Å². The summed E-state index contributed by atoms with van der Waals surface area (Å²) in [6.07, 6.45) is 1.64. The third-order valence-electron chi connectivity index (χ3n) is 3.66. The lowest BCUT2D eigenvalue weighted by atomic mass is 10.2. The van der Waals surface area contributed by atoms with Gasteiger partial charge in [0.1, 0.15) is 0 Å². The zero-order valence-corrected chi connectivity index (χ0v) is 15.6. The lowest BCUT2D eigenvalue weighted by Gasteiger charge is -2.02. The summed E-state index contributed by atoms with van der Waals surface area (Å²) in [5.41, 5.74) is 1.66. The van der Waals surface area contributed by atoms with E-state index in [9.17, 15) is 19.7 Å². The summed E-state index contributed by atoms with van der Waals surface area (Å²) in [7, 11) is 0. The van der Waals surface area contributed by atoms with E-state index in [4.69, 9.17) is 4.74 Å². The average molecular weight is 397 g/mol. The molecule has 1 amide bonds. The van der Waals surface area contributed by atoms with Crippen molar-refractivity contribution in [3.05, 3.63) is 74.7 Å². The number of nitro benzene ring substituents is 1. The predicted octanol–water partition coefficient (Wildman–Crippen LogP) is 3.66. The predicted molar refractivity (Wildman–Crippen MR) is 106 cm³/mol. The zero-order chi connectivity index (χ0) is 20.1. The number of esters is 1. The van der Waals surface area contributed by atoms with Gasteiger partial charge in [-0.25, -0.2) is 9.79 Å². The van der Waals surface area contributed by atoms with E-state index in [1.54, 1.807) is 49.4 Å². The molecule has 1 heterocycles. The molecular weight excluding hydrogens is 382 g/mol. The Labute approximate surface area is 164 Å². The van der Waals surface area contributed by atoms with Gasteiger partial charge in [0.05, 0.1) is 27.7 Å². The van der Waals surface area contributed by atoms with Gasteiger partial charge in [0, 0.05) is 12.1 Å². The molecule has 28 heavy (non-hydrogen) atoms. The second-order valence-corrected chi connectivity index (χ2v) is 6.63. The van der Waals surface area contributed by atoms with Crippen LogP contribution >= 0.6 is 11.8 Å². The molecule has 0 spiro atoms. The minimum absolute atomic E-state index is 0.0146. The number of carbonyl (C=O) groups is 2. The lowest BCUT2D eigenvalue weighted by Crippen LogP contribution is -2.19. The van der Waals surface area contributed by atoms with Crippen LogP contribution in [0.15, 0.2) is 58.4 Å². The number of amidine groups is 1. The van der Waals surface area contributed by atoms with Crippen LogP contribution in [0.4, 0.5) is 11.4 Å². The molecule has 2 aromatic carbocycles. The zero-order valence-electron chi connectivity index (χ0n) is 14.7. The normalized spacial score (nSPS) is 16.2. The highest BCUT2D eigenvalue weighted by molar-refractivity contribution is 8.18. The van der Waals surface area contributed by atoms with Gasteiger partial charge in [-0.15, -0.1) is 0 Å². The first-order valence-electron chi connectivity index (χ1n) is 8.27. The number of aliphatic imine (C=N–C) groups is 1. The van der Waals surface area contributed by atoms with Crippen LogP contribution in [0.2, 0.25) is 0 Å². The number of hydrogen-bond donors (Lipinski definition) is 1. The number of non-ortho nitro benzene ring substituents is 1. The molecule has 0 unspecified atom stereocenters. The van der Waals surface area contributed by atoms with E-state index in [0.29, 0.717) is 33.5 Å². The van der Waals surface area contributed by atoms with Crippen molar-refractivity contribution in [2.75, 3.05) is 6.61 Å². The molecule has 0 atom stereocenters. The molecule has 0 aromatic heterocycles. The van der Waals surface area contributed by atoms with E-state index in [1.807, 2.05) is 0 Å². The Morgan fingerprint density at radius 1 is 1.21 bits per heavy atom.